The Hall–Kier alpha value is -4.84. The van der Waals surface area contributed by atoms with E-state index in [0.717, 1.165) is 47.5 Å². The SMILES string of the molecule is COc1cc(C(=O)N2CC3CCC2[C@@H]3N)cc2nc(-c3cc4cccnc4n3CC3CC3)n(CC3CN(C(=O)c4ccnc(F)c4)C3)c12. The second kappa shape index (κ2) is 11.1. The molecular weight excluding hydrogens is 611 g/mol. The molecule has 1 aromatic carbocycles. The van der Waals surface area contributed by atoms with Crippen LogP contribution in [0, 0.1) is 23.7 Å². The Labute approximate surface area is 276 Å². The minimum absolute atomic E-state index is 0.0267. The number of rotatable bonds is 8. The molecule has 2 unspecified atom stereocenters. The molecule has 4 aromatic heterocycles. The number of fused-ring (bicyclic) bond motifs is 4. The van der Waals surface area contributed by atoms with Crippen LogP contribution in [-0.4, -0.2) is 84.5 Å². The fraction of sp³-hybridized carbons (Fsp3) is 0.417. The molecule has 2 aliphatic carbocycles. The van der Waals surface area contributed by atoms with Crippen LogP contribution in [0.4, 0.5) is 4.39 Å². The molecule has 2 N–H and O–H groups in total. The predicted octanol–water partition coefficient (Wildman–Crippen LogP) is 4.34. The zero-order chi connectivity index (χ0) is 32.7. The monoisotopic (exact) mass is 648 g/mol. The zero-order valence-electron chi connectivity index (χ0n) is 26.8. The van der Waals surface area contributed by atoms with Crippen molar-refractivity contribution in [3.8, 4) is 17.3 Å². The number of likely N-dealkylation sites (tertiary alicyclic amines) is 2. The summed E-state index contributed by atoms with van der Waals surface area (Å²) in [7, 11) is 1.62. The normalized spacial score (nSPS) is 22.2. The molecule has 6 heterocycles. The van der Waals surface area contributed by atoms with Crippen LogP contribution in [0.15, 0.2) is 54.9 Å². The van der Waals surface area contributed by atoms with Crippen LogP contribution >= 0.6 is 0 Å². The lowest BCUT2D eigenvalue weighted by Crippen LogP contribution is -2.51. The maximum Gasteiger partial charge on any atom is 0.254 e. The van der Waals surface area contributed by atoms with E-state index in [2.05, 4.69) is 26.3 Å². The van der Waals surface area contributed by atoms with Gasteiger partial charge >= 0.3 is 0 Å². The summed E-state index contributed by atoms with van der Waals surface area (Å²) in [6.45, 7) is 3.15. The summed E-state index contributed by atoms with van der Waals surface area (Å²) < 4.78 is 24.2. The summed E-state index contributed by atoms with van der Waals surface area (Å²) in [5.41, 5.74) is 10.7. The van der Waals surface area contributed by atoms with Crippen LogP contribution in [0.5, 0.6) is 5.75 Å². The lowest BCUT2D eigenvalue weighted by atomic mass is 9.98. The minimum atomic E-state index is -0.673. The number of amides is 2. The number of hydrogen-bond donors (Lipinski definition) is 1. The van der Waals surface area contributed by atoms with Crippen LogP contribution in [0.3, 0.4) is 0 Å². The number of nitrogens with zero attached hydrogens (tertiary/aromatic N) is 7. The summed E-state index contributed by atoms with van der Waals surface area (Å²) >= 11 is 0. The number of imidazole rings is 1. The first-order valence-electron chi connectivity index (χ1n) is 16.9. The van der Waals surface area contributed by atoms with Crippen molar-refractivity contribution in [2.24, 2.45) is 23.5 Å². The van der Waals surface area contributed by atoms with Gasteiger partial charge in [-0.05, 0) is 73.9 Å². The van der Waals surface area contributed by atoms with Crippen molar-refractivity contribution in [3.05, 3.63) is 71.9 Å². The van der Waals surface area contributed by atoms with Crippen LogP contribution in [0.25, 0.3) is 33.6 Å². The molecule has 246 valence electrons. The Kier molecular flexibility index (Phi) is 6.79. The number of pyridine rings is 2. The molecule has 2 bridgehead atoms. The van der Waals surface area contributed by atoms with Crippen molar-refractivity contribution in [2.75, 3.05) is 26.7 Å². The summed E-state index contributed by atoms with van der Waals surface area (Å²) in [5, 5.41) is 1.04. The molecule has 3 atom stereocenters. The van der Waals surface area contributed by atoms with E-state index in [9.17, 15) is 14.0 Å². The highest BCUT2D eigenvalue weighted by Crippen LogP contribution is 2.41. The van der Waals surface area contributed by atoms with Gasteiger partial charge in [0.1, 0.15) is 16.9 Å². The quantitative estimate of drug-likeness (QED) is 0.248. The number of carbonyl (C=O) groups excluding carboxylic acids is 2. The van der Waals surface area contributed by atoms with E-state index in [4.69, 9.17) is 20.4 Å². The Balaban J connectivity index is 1.12. The van der Waals surface area contributed by atoms with Gasteiger partial charge in [0.2, 0.25) is 5.95 Å². The zero-order valence-corrected chi connectivity index (χ0v) is 26.8. The van der Waals surface area contributed by atoms with Gasteiger partial charge in [0.25, 0.3) is 11.8 Å². The van der Waals surface area contributed by atoms with E-state index < -0.39 is 5.95 Å². The molecule has 5 aromatic rings. The lowest BCUT2D eigenvalue weighted by Gasteiger charge is -2.39. The number of piperidine rings is 1. The molecule has 0 spiro atoms. The maximum absolute atomic E-state index is 13.9. The number of hydrogen-bond acceptors (Lipinski definition) is 7. The van der Waals surface area contributed by atoms with Gasteiger partial charge in [0.05, 0.1) is 18.3 Å². The smallest absolute Gasteiger partial charge is 0.254 e. The minimum Gasteiger partial charge on any atom is -0.494 e. The van der Waals surface area contributed by atoms with Gasteiger partial charge in [-0.2, -0.15) is 4.39 Å². The number of halogens is 1. The highest BCUT2D eigenvalue weighted by Gasteiger charge is 2.47. The second-order valence-corrected chi connectivity index (χ2v) is 14.0. The summed E-state index contributed by atoms with van der Waals surface area (Å²) in [5.74, 6) is 1.50. The number of benzene rings is 1. The van der Waals surface area contributed by atoms with Crippen LogP contribution in [0.2, 0.25) is 0 Å². The fourth-order valence-corrected chi connectivity index (χ4v) is 8.17. The predicted molar refractivity (Wildman–Crippen MR) is 177 cm³/mol. The first-order chi connectivity index (χ1) is 23.4. The summed E-state index contributed by atoms with van der Waals surface area (Å²) in [6, 6.07) is 12.7. The van der Waals surface area contributed by atoms with Gasteiger partial charge < -0.3 is 29.4 Å². The fourth-order valence-electron chi connectivity index (χ4n) is 8.17. The molecule has 48 heavy (non-hydrogen) atoms. The number of carbonyl (C=O) groups is 2. The van der Waals surface area contributed by atoms with Gasteiger partial charge in [-0.15, -0.1) is 0 Å². The third-order valence-electron chi connectivity index (χ3n) is 10.9. The first-order valence-corrected chi connectivity index (χ1v) is 16.9. The Bertz CT molecular complexity index is 2100. The number of methoxy groups -OCH3 is 1. The topological polar surface area (TPSA) is 124 Å². The van der Waals surface area contributed by atoms with E-state index in [-0.39, 0.29) is 35.4 Å². The van der Waals surface area contributed by atoms with Crippen molar-refractivity contribution in [3.63, 3.8) is 0 Å². The number of aromatic nitrogens is 5. The number of ether oxygens (including phenoxy) is 1. The Morgan fingerprint density at radius 1 is 0.917 bits per heavy atom. The molecule has 12 heteroatoms. The largest absolute Gasteiger partial charge is 0.494 e. The Morgan fingerprint density at radius 3 is 2.48 bits per heavy atom. The van der Waals surface area contributed by atoms with Crippen molar-refractivity contribution >= 4 is 33.9 Å². The lowest BCUT2D eigenvalue weighted by molar-refractivity contribution is 0.0470. The average molecular weight is 649 g/mol. The standard InChI is InChI=1S/C36H37FN8O3/c1-48-29-13-25(36(47)44-19-24-6-7-27(44)31(24)38)11-26-32(29)45(18-21-15-42(16-21)35(46)23-8-10-39-30(37)14-23)34(41-26)28-12-22-3-2-9-40-33(22)43(28)17-20-4-5-20/h2-3,8-14,20-21,24,27,31H,4-7,15-19,38H2,1H3/t24?,27?,31-/m1/s1. The number of nitrogens with two attached hydrogens (primary N) is 1. The Morgan fingerprint density at radius 2 is 1.75 bits per heavy atom. The molecule has 11 nitrogen and oxygen atoms in total. The van der Waals surface area contributed by atoms with Crippen molar-refractivity contribution < 1.29 is 18.7 Å². The second-order valence-electron chi connectivity index (χ2n) is 14.0. The van der Waals surface area contributed by atoms with E-state index in [1.165, 1.54) is 31.2 Å². The molecule has 4 aliphatic rings. The third kappa shape index (κ3) is 4.75. The van der Waals surface area contributed by atoms with Gasteiger partial charge in [0.15, 0.2) is 5.82 Å². The summed E-state index contributed by atoms with van der Waals surface area (Å²) in [6.07, 6.45) is 7.53. The van der Waals surface area contributed by atoms with E-state index >= 15 is 0 Å². The van der Waals surface area contributed by atoms with Crippen LogP contribution in [0.1, 0.15) is 46.4 Å². The summed E-state index contributed by atoms with van der Waals surface area (Å²) in [4.78, 5) is 44.3. The van der Waals surface area contributed by atoms with Gasteiger partial charge in [0, 0.05) is 85.7 Å². The average Bonchev–Trinajstić information content (AvgIpc) is 3.43. The van der Waals surface area contributed by atoms with Gasteiger partial charge in [-0.25, -0.2) is 15.0 Å². The first kappa shape index (κ1) is 29.3. The van der Waals surface area contributed by atoms with E-state index in [0.29, 0.717) is 54.8 Å². The maximum atomic E-state index is 13.9. The van der Waals surface area contributed by atoms with Crippen molar-refractivity contribution in [1.82, 2.24) is 33.9 Å². The molecule has 9 rings (SSSR count). The van der Waals surface area contributed by atoms with Crippen molar-refractivity contribution in [2.45, 2.75) is 50.9 Å². The van der Waals surface area contributed by atoms with Crippen LogP contribution < -0.4 is 10.5 Å². The molecule has 2 amide bonds. The molecular formula is C36H37FN8O3. The molecule has 0 radical (unpaired) electrons. The van der Waals surface area contributed by atoms with E-state index in [1.54, 1.807) is 12.0 Å². The third-order valence-corrected chi connectivity index (χ3v) is 10.9. The molecule has 2 aliphatic heterocycles. The highest BCUT2D eigenvalue weighted by atomic mass is 19.1. The van der Waals surface area contributed by atoms with Crippen molar-refractivity contribution in [1.29, 1.82) is 0 Å². The molecule has 2 saturated carbocycles. The highest BCUT2D eigenvalue weighted by molar-refractivity contribution is 6.00. The molecule has 2 saturated heterocycles. The van der Waals surface area contributed by atoms with E-state index in [1.807, 2.05) is 29.3 Å². The van der Waals surface area contributed by atoms with Gasteiger partial charge in [-0.3, -0.25) is 9.59 Å². The van der Waals surface area contributed by atoms with Crippen LogP contribution in [-0.2, 0) is 13.1 Å². The molecule has 4 fully saturated rings. The van der Waals surface area contributed by atoms with Gasteiger partial charge in [-0.1, -0.05) is 0 Å².